The Hall–Kier alpha value is -1.14. The first-order valence-corrected chi connectivity index (χ1v) is 6.87. The molecule has 3 rings (SSSR count). The van der Waals surface area contributed by atoms with Gasteiger partial charge in [-0.15, -0.1) is 0 Å². The monoisotopic (exact) mass is 369 g/mol. The lowest BCUT2D eigenvalue weighted by Crippen LogP contribution is -1.82. The van der Waals surface area contributed by atoms with Gasteiger partial charge < -0.3 is 4.98 Å². The Bertz CT molecular complexity index is 736. The molecular weight excluding hydrogens is 361 g/mol. The van der Waals surface area contributed by atoms with Crippen LogP contribution in [0.1, 0.15) is 5.56 Å². The summed E-state index contributed by atoms with van der Waals surface area (Å²) >= 11 is 8.33. The van der Waals surface area contributed by atoms with Crippen molar-refractivity contribution >= 4 is 45.4 Å². The van der Waals surface area contributed by atoms with E-state index in [0.717, 1.165) is 36.7 Å². The molecule has 0 spiro atoms. The van der Waals surface area contributed by atoms with Crippen LogP contribution >= 0.6 is 34.2 Å². The highest BCUT2D eigenvalue weighted by Crippen LogP contribution is 2.26. The maximum absolute atomic E-state index is 6.13. The van der Waals surface area contributed by atoms with Crippen molar-refractivity contribution in [3.63, 3.8) is 0 Å². The number of aromatic amines is 1. The minimum atomic E-state index is 0.734. The molecule has 0 bridgehead atoms. The number of aryl methyl sites for hydroxylation is 1. The molecule has 1 aromatic carbocycles. The number of pyridine rings is 1. The van der Waals surface area contributed by atoms with Gasteiger partial charge in [0.05, 0.1) is 10.5 Å². The van der Waals surface area contributed by atoms with Crippen LogP contribution in [0.15, 0.2) is 30.5 Å². The van der Waals surface area contributed by atoms with Crippen molar-refractivity contribution in [3.8, 4) is 11.4 Å². The molecule has 0 amide bonds. The summed E-state index contributed by atoms with van der Waals surface area (Å²) < 4.78 is 1.03. The Morgan fingerprint density at radius 2 is 2.11 bits per heavy atom. The normalized spacial score (nSPS) is 11.1. The van der Waals surface area contributed by atoms with Gasteiger partial charge in [-0.3, -0.25) is 0 Å². The fraction of sp³-hybridized carbons (Fsp3) is 0.0769. The van der Waals surface area contributed by atoms with Crippen LogP contribution in [0.5, 0.6) is 0 Å². The molecule has 3 nitrogen and oxygen atoms in total. The van der Waals surface area contributed by atoms with Crippen molar-refractivity contribution < 1.29 is 0 Å². The van der Waals surface area contributed by atoms with Crippen molar-refractivity contribution in [2.45, 2.75) is 6.92 Å². The van der Waals surface area contributed by atoms with E-state index in [1.807, 2.05) is 31.2 Å². The molecule has 0 aliphatic heterocycles. The lowest BCUT2D eigenvalue weighted by Gasteiger charge is -1.99. The van der Waals surface area contributed by atoms with E-state index in [-0.39, 0.29) is 0 Å². The van der Waals surface area contributed by atoms with Gasteiger partial charge in [-0.25, -0.2) is 9.97 Å². The van der Waals surface area contributed by atoms with Gasteiger partial charge in [0.2, 0.25) is 0 Å². The summed E-state index contributed by atoms with van der Waals surface area (Å²) in [5.74, 6) is 0.796. The molecular formula is C13H9ClIN3. The molecule has 0 unspecified atom stereocenters. The van der Waals surface area contributed by atoms with Gasteiger partial charge in [0.1, 0.15) is 5.82 Å². The SMILES string of the molecule is Cc1ccnc2nc(-c3ccc(I)c(Cl)c3)[nH]c12. The first-order valence-electron chi connectivity index (χ1n) is 5.42. The molecule has 1 N–H and O–H groups in total. The first-order chi connectivity index (χ1) is 8.65. The van der Waals surface area contributed by atoms with Crippen molar-refractivity contribution in [1.82, 2.24) is 15.0 Å². The second-order valence-electron chi connectivity index (χ2n) is 4.04. The zero-order valence-electron chi connectivity index (χ0n) is 9.54. The maximum Gasteiger partial charge on any atom is 0.178 e. The molecule has 90 valence electrons. The van der Waals surface area contributed by atoms with Gasteiger partial charge in [0, 0.05) is 15.3 Å². The third-order valence-corrected chi connectivity index (χ3v) is 4.37. The predicted molar refractivity (Wildman–Crippen MR) is 81.8 cm³/mol. The minimum absolute atomic E-state index is 0.734. The Morgan fingerprint density at radius 1 is 1.28 bits per heavy atom. The number of rotatable bonds is 1. The Kier molecular flexibility index (Phi) is 2.99. The van der Waals surface area contributed by atoms with Crippen LogP contribution in [0.25, 0.3) is 22.6 Å². The zero-order chi connectivity index (χ0) is 12.7. The summed E-state index contributed by atoms with van der Waals surface area (Å²) in [4.78, 5) is 12.0. The van der Waals surface area contributed by atoms with Crippen molar-refractivity contribution in [2.24, 2.45) is 0 Å². The fourth-order valence-electron chi connectivity index (χ4n) is 1.82. The van der Waals surface area contributed by atoms with Crippen LogP contribution in [0.3, 0.4) is 0 Å². The van der Waals surface area contributed by atoms with E-state index in [9.17, 15) is 0 Å². The molecule has 18 heavy (non-hydrogen) atoms. The molecule has 5 heteroatoms. The van der Waals surface area contributed by atoms with Crippen LogP contribution in [0.4, 0.5) is 0 Å². The number of nitrogens with one attached hydrogen (secondary N) is 1. The molecule has 2 aromatic heterocycles. The standard InChI is InChI=1S/C13H9ClIN3/c1-7-4-5-16-13-11(7)17-12(18-13)8-2-3-10(15)9(14)6-8/h2-6H,1H3,(H,16,17,18). The Morgan fingerprint density at radius 3 is 2.83 bits per heavy atom. The van der Waals surface area contributed by atoms with Gasteiger partial charge in [-0.1, -0.05) is 17.7 Å². The lowest BCUT2D eigenvalue weighted by molar-refractivity contribution is 1.30. The second-order valence-corrected chi connectivity index (χ2v) is 5.61. The van der Waals surface area contributed by atoms with Crippen LogP contribution in [-0.4, -0.2) is 15.0 Å². The summed E-state index contributed by atoms with van der Waals surface area (Å²) in [5.41, 5.74) is 3.81. The predicted octanol–water partition coefficient (Wildman–Crippen LogP) is 4.19. The number of hydrogen-bond acceptors (Lipinski definition) is 2. The molecule has 2 heterocycles. The second kappa shape index (κ2) is 4.51. The van der Waals surface area contributed by atoms with Crippen molar-refractivity contribution in [1.29, 1.82) is 0 Å². The van der Waals surface area contributed by atoms with Crippen molar-refractivity contribution in [3.05, 3.63) is 44.6 Å². The first kappa shape index (κ1) is 11.9. The molecule has 0 saturated carbocycles. The van der Waals surface area contributed by atoms with Crippen LogP contribution < -0.4 is 0 Å². The van der Waals surface area contributed by atoms with E-state index in [0.29, 0.717) is 0 Å². The average Bonchev–Trinajstić information content (AvgIpc) is 2.78. The summed E-state index contributed by atoms with van der Waals surface area (Å²) in [6, 6.07) is 7.86. The molecule has 0 fully saturated rings. The average molecular weight is 370 g/mol. The fourth-order valence-corrected chi connectivity index (χ4v) is 2.33. The number of fused-ring (bicyclic) bond motifs is 1. The molecule has 0 saturated heterocycles. The number of benzene rings is 1. The van der Waals surface area contributed by atoms with Gasteiger partial charge >= 0.3 is 0 Å². The van der Waals surface area contributed by atoms with E-state index >= 15 is 0 Å². The number of imidazole rings is 1. The minimum Gasteiger partial charge on any atom is -0.336 e. The van der Waals surface area contributed by atoms with Gasteiger partial charge in [0.25, 0.3) is 0 Å². The lowest BCUT2D eigenvalue weighted by atomic mass is 10.2. The summed E-state index contributed by atoms with van der Waals surface area (Å²) in [5, 5.41) is 0.734. The third-order valence-electron chi connectivity index (χ3n) is 2.79. The smallest absolute Gasteiger partial charge is 0.178 e. The van der Waals surface area contributed by atoms with E-state index in [1.165, 1.54) is 0 Å². The van der Waals surface area contributed by atoms with Crippen LogP contribution in [-0.2, 0) is 0 Å². The van der Waals surface area contributed by atoms with Gasteiger partial charge in [-0.05, 0) is 53.3 Å². The molecule has 0 aliphatic carbocycles. The summed E-state index contributed by atoms with van der Waals surface area (Å²) in [6.45, 7) is 2.03. The van der Waals surface area contributed by atoms with E-state index < -0.39 is 0 Å². The number of H-pyrrole nitrogens is 1. The van der Waals surface area contributed by atoms with Crippen LogP contribution in [0.2, 0.25) is 5.02 Å². The largest absolute Gasteiger partial charge is 0.336 e. The van der Waals surface area contributed by atoms with Gasteiger partial charge in [0.15, 0.2) is 5.65 Å². The van der Waals surface area contributed by atoms with E-state index in [2.05, 4.69) is 37.5 Å². The Labute approximate surface area is 123 Å². The number of nitrogens with zero attached hydrogens (tertiary/aromatic N) is 2. The zero-order valence-corrected chi connectivity index (χ0v) is 12.5. The number of aromatic nitrogens is 3. The molecule has 0 atom stereocenters. The quantitative estimate of drug-likeness (QED) is 0.654. The van der Waals surface area contributed by atoms with E-state index in [4.69, 9.17) is 11.6 Å². The van der Waals surface area contributed by atoms with E-state index in [1.54, 1.807) is 6.20 Å². The molecule has 0 radical (unpaired) electrons. The van der Waals surface area contributed by atoms with Crippen molar-refractivity contribution in [2.75, 3.05) is 0 Å². The highest BCUT2D eigenvalue weighted by Gasteiger charge is 2.09. The highest BCUT2D eigenvalue weighted by molar-refractivity contribution is 14.1. The highest BCUT2D eigenvalue weighted by atomic mass is 127. The summed E-state index contributed by atoms with van der Waals surface area (Å²) in [7, 11) is 0. The maximum atomic E-state index is 6.13. The van der Waals surface area contributed by atoms with Gasteiger partial charge in [-0.2, -0.15) is 0 Å². The topological polar surface area (TPSA) is 41.6 Å². The molecule has 0 aliphatic rings. The number of halogens is 2. The number of hydrogen-bond donors (Lipinski definition) is 1. The third kappa shape index (κ3) is 1.99. The molecule has 3 aromatic rings. The Balaban J connectivity index is 2.19. The summed E-state index contributed by atoms with van der Waals surface area (Å²) in [6.07, 6.45) is 1.77. The van der Waals surface area contributed by atoms with Crippen LogP contribution in [0, 0.1) is 10.5 Å².